The van der Waals surface area contributed by atoms with Gasteiger partial charge in [-0.25, -0.2) is 9.37 Å². The zero-order valence-corrected chi connectivity index (χ0v) is 43.8. The number of ether oxygens (including phenoxy) is 2. The Morgan fingerprint density at radius 3 is 2.24 bits per heavy atom. The van der Waals surface area contributed by atoms with Gasteiger partial charge in [0, 0.05) is 25.3 Å². The number of alkyl halides is 6. The van der Waals surface area contributed by atoms with E-state index in [-0.39, 0.29) is 49.4 Å². The number of nitriles is 1. The quantitative estimate of drug-likeness (QED) is 0.0516. The van der Waals surface area contributed by atoms with E-state index in [2.05, 4.69) is 20.6 Å². The molecule has 0 spiro atoms. The summed E-state index contributed by atoms with van der Waals surface area (Å²) in [6.07, 6.45) is -7.27. The van der Waals surface area contributed by atoms with Gasteiger partial charge in [-0.15, -0.1) is 11.3 Å². The molecule has 2 atom stereocenters. The van der Waals surface area contributed by atoms with Crippen molar-refractivity contribution in [3.63, 3.8) is 0 Å². The first-order valence-electron chi connectivity index (χ1n) is 24.0. The molecule has 402 valence electrons. The Kier molecular flexibility index (Phi) is 16.9. The van der Waals surface area contributed by atoms with Crippen molar-refractivity contribution in [2.45, 2.75) is 104 Å². The molecule has 14 nitrogen and oxygen atoms in total. The van der Waals surface area contributed by atoms with Crippen LogP contribution in [0.25, 0.3) is 21.7 Å². The highest BCUT2D eigenvalue weighted by Crippen LogP contribution is 2.44. The first-order chi connectivity index (χ1) is 35.7. The molecular formula is C53H53F7N8O6S2. The van der Waals surface area contributed by atoms with Gasteiger partial charge in [0.25, 0.3) is 5.91 Å². The number of amides is 4. The van der Waals surface area contributed by atoms with Crippen molar-refractivity contribution < 1.29 is 59.4 Å². The molecule has 2 aliphatic heterocycles. The number of unbranched alkanes of at least 4 members (excludes halogenated alkanes) is 1. The molecule has 2 N–H and O–H groups in total. The Labute approximate surface area is 443 Å². The molecule has 7 rings (SSSR count). The lowest BCUT2D eigenvalue weighted by Crippen LogP contribution is -2.58. The van der Waals surface area contributed by atoms with E-state index < -0.39 is 86.2 Å². The van der Waals surface area contributed by atoms with Crippen molar-refractivity contribution >= 4 is 63.7 Å². The highest BCUT2D eigenvalue weighted by Gasteiger charge is 2.53. The molecule has 4 amide bonds. The van der Waals surface area contributed by atoms with E-state index in [0.717, 1.165) is 38.9 Å². The minimum Gasteiger partial charge on any atom is -0.494 e. The normalized spacial score (nSPS) is 16.2. The van der Waals surface area contributed by atoms with Gasteiger partial charge in [0.1, 0.15) is 35.5 Å². The van der Waals surface area contributed by atoms with Crippen molar-refractivity contribution in [3.8, 4) is 33.5 Å². The van der Waals surface area contributed by atoms with Gasteiger partial charge < -0.3 is 29.9 Å². The number of hydrogen-bond acceptors (Lipinski definition) is 11. The molecule has 0 saturated carbocycles. The van der Waals surface area contributed by atoms with Crippen molar-refractivity contribution in [1.82, 2.24) is 25.5 Å². The molecule has 2 aromatic heterocycles. The van der Waals surface area contributed by atoms with E-state index in [1.165, 1.54) is 49.1 Å². The number of pyridine rings is 1. The number of thiazole rings is 1. The summed E-state index contributed by atoms with van der Waals surface area (Å²) < 4.78 is 112. The number of aryl methyl sites for hydroxylation is 1. The fourth-order valence-corrected chi connectivity index (χ4v) is 10.2. The van der Waals surface area contributed by atoms with Gasteiger partial charge in [-0.3, -0.25) is 29.1 Å². The summed E-state index contributed by atoms with van der Waals surface area (Å²) in [7, 11) is 0. The van der Waals surface area contributed by atoms with Gasteiger partial charge in [0.2, 0.25) is 17.7 Å². The number of carbonyl (C=O) groups is 4. The topological polar surface area (TPSA) is 170 Å². The molecule has 0 aliphatic carbocycles. The van der Waals surface area contributed by atoms with Crippen molar-refractivity contribution in [2.75, 3.05) is 36.2 Å². The molecule has 3 aromatic carbocycles. The van der Waals surface area contributed by atoms with E-state index in [0.29, 0.717) is 55.0 Å². The van der Waals surface area contributed by atoms with Crippen molar-refractivity contribution in [1.29, 1.82) is 5.26 Å². The lowest BCUT2D eigenvalue weighted by Gasteiger charge is -2.35. The molecule has 2 unspecified atom stereocenters. The van der Waals surface area contributed by atoms with Crippen molar-refractivity contribution in [3.05, 3.63) is 112 Å². The number of likely N-dealkylation sites (tertiary alicyclic amines) is 1. The van der Waals surface area contributed by atoms with Crippen LogP contribution in [0.4, 0.5) is 42.1 Å². The summed E-state index contributed by atoms with van der Waals surface area (Å²) in [4.78, 5) is 66.5. The third kappa shape index (κ3) is 12.3. The highest BCUT2D eigenvalue weighted by molar-refractivity contribution is 7.81. The molecule has 76 heavy (non-hydrogen) atoms. The lowest BCUT2D eigenvalue weighted by atomic mass is 9.85. The number of rotatable bonds is 17. The summed E-state index contributed by atoms with van der Waals surface area (Å²) in [5.74, 6) is -3.83. The largest absolute Gasteiger partial charge is 0.494 e. The molecule has 23 heteroatoms. The Morgan fingerprint density at radius 2 is 1.62 bits per heavy atom. The second kappa shape index (κ2) is 22.7. The molecule has 2 aliphatic rings. The third-order valence-corrected chi connectivity index (χ3v) is 14.2. The van der Waals surface area contributed by atoms with Gasteiger partial charge in [-0.2, -0.15) is 31.6 Å². The maximum atomic E-state index is 15.5. The fraction of sp³-hybridized carbons (Fsp3) is 0.396. The number of aromatic nitrogens is 2. The van der Waals surface area contributed by atoms with E-state index in [9.17, 15) is 50.8 Å². The van der Waals surface area contributed by atoms with E-state index in [1.807, 2.05) is 52.0 Å². The Morgan fingerprint density at radius 1 is 0.947 bits per heavy atom. The minimum atomic E-state index is -5.33. The van der Waals surface area contributed by atoms with Crippen LogP contribution in [0.3, 0.4) is 0 Å². The number of thiocarbonyl (C=S) groups is 1. The van der Waals surface area contributed by atoms with Gasteiger partial charge in [0.15, 0.2) is 10.9 Å². The van der Waals surface area contributed by atoms with Crippen LogP contribution < -0.4 is 25.2 Å². The van der Waals surface area contributed by atoms with Gasteiger partial charge in [-0.1, -0.05) is 45.0 Å². The van der Waals surface area contributed by atoms with Crippen molar-refractivity contribution in [2.24, 2.45) is 5.41 Å². The monoisotopic (exact) mass is 1090 g/mol. The van der Waals surface area contributed by atoms with Crippen LogP contribution in [-0.2, 0) is 42.8 Å². The Bertz CT molecular complexity index is 3040. The van der Waals surface area contributed by atoms with Crippen LogP contribution in [0.15, 0.2) is 78.4 Å². The van der Waals surface area contributed by atoms with Crippen LogP contribution in [-0.4, -0.2) is 87.6 Å². The Hall–Kier alpha value is -7.03. The standard InChI is InChI=1S/C53H53F7N8O6S2/c1-30-44(76-29-64-30)33-13-11-31(12-14-33)26-63-46(70)39-10-9-21-66(39)47(71)45(50(2,3)4)65-40(69)28-73-22-7-8-23-74-36-18-15-32(16-19-36)43-37(52(55,56)57)24-35(27-62-43)68-49(75)67(48(72)51(68,5)6)38-20-17-34(25-61)41(42(38)54)53(58,59)60/h11-20,24,27,29,39,45H,7-10,21-23,26,28H2,1-6H3,(H,63,70)(H,65,69). The second-order valence-electron chi connectivity index (χ2n) is 19.7. The summed E-state index contributed by atoms with van der Waals surface area (Å²) in [5.41, 5.74) is -3.81. The zero-order chi connectivity index (χ0) is 55.5. The first kappa shape index (κ1) is 56.7. The molecule has 2 fully saturated rings. The predicted molar refractivity (Wildman–Crippen MR) is 273 cm³/mol. The number of nitrogens with one attached hydrogen (secondary N) is 2. The van der Waals surface area contributed by atoms with Crippen LogP contribution >= 0.6 is 23.6 Å². The van der Waals surface area contributed by atoms with E-state index >= 15 is 4.39 Å². The lowest BCUT2D eigenvalue weighted by molar-refractivity contribution is -0.144. The molecule has 5 aromatic rings. The average molecular weight is 1100 g/mol. The van der Waals surface area contributed by atoms with E-state index in [1.54, 1.807) is 16.8 Å². The Balaban J connectivity index is 0.888. The fourth-order valence-electron chi connectivity index (χ4n) is 8.92. The number of carbonyl (C=O) groups excluding carboxylic acids is 4. The summed E-state index contributed by atoms with van der Waals surface area (Å²) in [6.45, 7) is 10.6. The second-order valence-corrected chi connectivity index (χ2v) is 20.9. The van der Waals surface area contributed by atoms with Crippen LogP contribution in [0, 0.1) is 29.5 Å². The maximum absolute atomic E-state index is 15.5. The zero-order valence-electron chi connectivity index (χ0n) is 42.1. The SMILES string of the molecule is Cc1ncsc1-c1ccc(CNC(=O)C2CCCN2C(=O)C(NC(=O)COCCCCOc2ccc(-c3ncc(N4C(=S)N(c5ccc(C#N)c(C(F)(F)F)c5F)C(=O)C4(C)C)cc3C(F)(F)F)cc2)C(C)(C)C)cc1. The van der Waals surface area contributed by atoms with E-state index in [4.69, 9.17) is 21.7 Å². The number of nitrogens with zero attached hydrogens (tertiary/aromatic N) is 6. The van der Waals surface area contributed by atoms with Gasteiger partial charge in [0.05, 0.1) is 63.2 Å². The first-order valence-corrected chi connectivity index (χ1v) is 25.3. The van der Waals surface area contributed by atoms with Gasteiger partial charge in [-0.05, 0) is 118 Å². The number of anilines is 2. The summed E-state index contributed by atoms with van der Waals surface area (Å²) in [5, 5.41) is 14.3. The molecule has 2 saturated heterocycles. The van der Waals surface area contributed by atoms with Crippen LogP contribution in [0.1, 0.15) is 88.2 Å². The average Bonchev–Trinajstić information content (AvgIpc) is 4.14. The smallest absolute Gasteiger partial charge is 0.420 e. The molecule has 4 heterocycles. The number of halogens is 7. The van der Waals surface area contributed by atoms with Crippen LogP contribution in [0.5, 0.6) is 5.75 Å². The number of hydrogen-bond donors (Lipinski definition) is 2. The summed E-state index contributed by atoms with van der Waals surface area (Å²) in [6, 6.07) is 15.2. The summed E-state index contributed by atoms with van der Waals surface area (Å²) >= 11 is 6.95. The minimum absolute atomic E-state index is 0.0376. The molecule has 0 radical (unpaired) electrons. The third-order valence-electron chi connectivity index (χ3n) is 12.9. The van der Waals surface area contributed by atoms with Gasteiger partial charge >= 0.3 is 12.4 Å². The highest BCUT2D eigenvalue weighted by atomic mass is 32.1. The number of benzene rings is 3. The maximum Gasteiger partial charge on any atom is 0.420 e. The molecule has 0 bridgehead atoms. The molecular weight excluding hydrogens is 1040 g/mol. The van der Waals surface area contributed by atoms with Crippen LogP contribution in [0.2, 0.25) is 0 Å². The predicted octanol–water partition coefficient (Wildman–Crippen LogP) is 10.2.